The van der Waals surface area contributed by atoms with Crippen LogP contribution in [0.5, 0.6) is 0 Å². The van der Waals surface area contributed by atoms with Crippen molar-refractivity contribution in [1.82, 2.24) is 5.48 Å². The number of halogens is 1. The smallest absolute Gasteiger partial charge is 0.415 e. The first-order chi connectivity index (χ1) is 11.6. The van der Waals surface area contributed by atoms with Crippen molar-refractivity contribution < 1.29 is 28.3 Å². The third-order valence-electron chi connectivity index (χ3n) is 3.90. The molecule has 3 rings (SSSR count). The Kier molecular flexibility index (Phi) is 4.81. The molecule has 0 aromatic heterocycles. The second-order valence-corrected chi connectivity index (χ2v) is 5.39. The lowest BCUT2D eigenvalue weighted by Gasteiger charge is -2.29. The molecule has 2 aliphatic rings. The van der Waals surface area contributed by atoms with Gasteiger partial charge in [0.15, 0.2) is 0 Å². The van der Waals surface area contributed by atoms with E-state index in [9.17, 15) is 14.0 Å². The van der Waals surface area contributed by atoms with Crippen LogP contribution >= 0.6 is 0 Å². The number of hydrogen-bond acceptors (Lipinski definition) is 6. The van der Waals surface area contributed by atoms with E-state index in [0.29, 0.717) is 37.7 Å². The van der Waals surface area contributed by atoms with Gasteiger partial charge in [0.2, 0.25) is 6.10 Å². The van der Waals surface area contributed by atoms with Gasteiger partial charge in [0.25, 0.3) is 5.91 Å². The SMILES string of the molecule is CONC(=O)C1CN(c2ccc(N3CCOCC3)c(F)c2)C(=O)O1. The number of ether oxygens (including phenoxy) is 2. The molecule has 0 saturated carbocycles. The Labute approximate surface area is 138 Å². The molecule has 2 fully saturated rings. The van der Waals surface area contributed by atoms with Crippen LogP contribution in [0.4, 0.5) is 20.6 Å². The summed E-state index contributed by atoms with van der Waals surface area (Å²) < 4.78 is 24.7. The molecule has 2 amide bonds. The number of carbonyl (C=O) groups excluding carboxylic acids is 2. The Morgan fingerprint density at radius 2 is 2.12 bits per heavy atom. The molecular weight excluding hydrogens is 321 g/mol. The van der Waals surface area contributed by atoms with E-state index in [1.807, 2.05) is 4.90 Å². The zero-order valence-corrected chi connectivity index (χ0v) is 13.2. The normalized spacial score (nSPS) is 20.9. The quantitative estimate of drug-likeness (QED) is 0.812. The third-order valence-corrected chi connectivity index (χ3v) is 3.90. The molecule has 0 aliphatic carbocycles. The zero-order valence-electron chi connectivity index (χ0n) is 13.2. The molecule has 130 valence electrons. The molecule has 2 heterocycles. The van der Waals surface area contributed by atoms with Gasteiger partial charge in [-0.3, -0.25) is 14.5 Å². The molecule has 1 unspecified atom stereocenters. The summed E-state index contributed by atoms with van der Waals surface area (Å²) in [5.41, 5.74) is 2.90. The van der Waals surface area contributed by atoms with E-state index >= 15 is 0 Å². The molecule has 8 nitrogen and oxygen atoms in total. The molecular formula is C15H18FN3O5. The van der Waals surface area contributed by atoms with Crippen LogP contribution in [0.15, 0.2) is 18.2 Å². The van der Waals surface area contributed by atoms with Gasteiger partial charge in [-0.05, 0) is 18.2 Å². The maximum absolute atomic E-state index is 14.4. The Morgan fingerprint density at radius 3 is 2.79 bits per heavy atom. The van der Waals surface area contributed by atoms with Gasteiger partial charge in [0.1, 0.15) is 5.82 Å². The van der Waals surface area contributed by atoms with Crippen LogP contribution in [0, 0.1) is 5.82 Å². The highest BCUT2D eigenvalue weighted by molar-refractivity contribution is 5.95. The number of nitrogens with one attached hydrogen (secondary N) is 1. The van der Waals surface area contributed by atoms with Crippen molar-refractivity contribution in [2.45, 2.75) is 6.10 Å². The van der Waals surface area contributed by atoms with Gasteiger partial charge in [-0.1, -0.05) is 0 Å². The second-order valence-electron chi connectivity index (χ2n) is 5.39. The van der Waals surface area contributed by atoms with Gasteiger partial charge < -0.3 is 14.4 Å². The molecule has 1 N–H and O–H groups in total. The minimum absolute atomic E-state index is 0.00956. The first-order valence-corrected chi connectivity index (χ1v) is 7.53. The van der Waals surface area contributed by atoms with E-state index in [-0.39, 0.29) is 6.54 Å². The van der Waals surface area contributed by atoms with Crippen molar-refractivity contribution in [3.8, 4) is 0 Å². The number of hydroxylamine groups is 1. The summed E-state index contributed by atoms with van der Waals surface area (Å²) in [4.78, 5) is 31.2. The van der Waals surface area contributed by atoms with Crippen molar-refractivity contribution in [3.63, 3.8) is 0 Å². The number of amides is 2. The zero-order chi connectivity index (χ0) is 17.1. The summed E-state index contributed by atoms with van der Waals surface area (Å²) in [7, 11) is 1.28. The third kappa shape index (κ3) is 3.26. The molecule has 9 heteroatoms. The van der Waals surface area contributed by atoms with Gasteiger partial charge >= 0.3 is 6.09 Å². The molecule has 1 aromatic carbocycles. The number of anilines is 2. The van der Waals surface area contributed by atoms with Crippen molar-refractivity contribution in [1.29, 1.82) is 0 Å². The average molecular weight is 339 g/mol. The second kappa shape index (κ2) is 7.02. The maximum atomic E-state index is 14.4. The standard InChI is InChI=1S/C15H18FN3O5/c1-22-17-14(20)13-9-19(15(21)24-13)10-2-3-12(11(16)8-10)18-4-6-23-7-5-18/h2-3,8,13H,4-7,9H2,1H3,(H,17,20). The summed E-state index contributed by atoms with van der Waals surface area (Å²) in [6, 6.07) is 4.51. The Hall–Kier alpha value is -2.39. The monoisotopic (exact) mass is 339 g/mol. The summed E-state index contributed by atoms with van der Waals surface area (Å²) in [5, 5.41) is 0. The number of morpholine rings is 1. The largest absolute Gasteiger partial charge is 0.434 e. The lowest BCUT2D eigenvalue weighted by Crippen LogP contribution is -2.37. The summed E-state index contributed by atoms with van der Waals surface area (Å²) in [6.07, 6.45) is -1.70. The average Bonchev–Trinajstić information content (AvgIpc) is 2.98. The molecule has 2 aliphatic heterocycles. The summed E-state index contributed by atoms with van der Waals surface area (Å²) >= 11 is 0. The van der Waals surface area contributed by atoms with E-state index in [4.69, 9.17) is 9.47 Å². The minimum atomic E-state index is -1.00. The van der Waals surface area contributed by atoms with Gasteiger partial charge in [0, 0.05) is 13.1 Å². The van der Waals surface area contributed by atoms with E-state index < -0.39 is 23.9 Å². The Morgan fingerprint density at radius 1 is 1.38 bits per heavy atom. The van der Waals surface area contributed by atoms with Crippen LogP contribution in [0.25, 0.3) is 0 Å². The fourth-order valence-corrected chi connectivity index (χ4v) is 2.70. The predicted molar refractivity (Wildman–Crippen MR) is 82.2 cm³/mol. The molecule has 0 radical (unpaired) electrons. The highest BCUT2D eigenvalue weighted by atomic mass is 19.1. The van der Waals surface area contributed by atoms with Crippen molar-refractivity contribution >= 4 is 23.4 Å². The van der Waals surface area contributed by atoms with Gasteiger partial charge in [0.05, 0.1) is 38.2 Å². The molecule has 24 heavy (non-hydrogen) atoms. The molecule has 0 bridgehead atoms. The fourth-order valence-electron chi connectivity index (χ4n) is 2.70. The highest BCUT2D eigenvalue weighted by Gasteiger charge is 2.37. The van der Waals surface area contributed by atoms with Gasteiger partial charge in [-0.2, -0.15) is 0 Å². The van der Waals surface area contributed by atoms with E-state index in [1.165, 1.54) is 18.1 Å². The number of benzene rings is 1. The summed E-state index contributed by atoms with van der Waals surface area (Å²) in [6.45, 7) is 2.32. The van der Waals surface area contributed by atoms with Crippen LogP contribution in [0.3, 0.4) is 0 Å². The van der Waals surface area contributed by atoms with Crippen molar-refractivity contribution in [2.24, 2.45) is 0 Å². The topological polar surface area (TPSA) is 80.3 Å². The lowest BCUT2D eigenvalue weighted by molar-refractivity contribution is -0.138. The first-order valence-electron chi connectivity index (χ1n) is 7.53. The van der Waals surface area contributed by atoms with E-state index in [0.717, 1.165) is 0 Å². The van der Waals surface area contributed by atoms with Gasteiger partial charge in [-0.15, -0.1) is 0 Å². The van der Waals surface area contributed by atoms with E-state index in [2.05, 4.69) is 10.3 Å². The number of cyclic esters (lactones) is 1. The number of nitrogens with zero attached hydrogens (tertiary/aromatic N) is 2. The number of rotatable bonds is 4. The molecule has 0 spiro atoms. The van der Waals surface area contributed by atoms with Crippen LogP contribution in [0.1, 0.15) is 0 Å². The first kappa shape index (κ1) is 16.5. The minimum Gasteiger partial charge on any atom is -0.434 e. The van der Waals surface area contributed by atoms with Crippen LogP contribution in [-0.4, -0.2) is 58.1 Å². The maximum Gasteiger partial charge on any atom is 0.415 e. The van der Waals surface area contributed by atoms with Crippen LogP contribution in [0.2, 0.25) is 0 Å². The van der Waals surface area contributed by atoms with Crippen molar-refractivity contribution in [2.75, 3.05) is 49.8 Å². The van der Waals surface area contributed by atoms with Crippen molar-refractivity contribution in [3.05, 3.63) is 24.0 Å². The van der Waals surface area contributed by atoms with Crippen LogP contribution < -0.4 is 15.3 Å². The lowest BCUT2D eigenvalue weighted by atomic mass is 10.2. The Bertz CT molecular complexity index is 636. The Balaban J connectivity index is 1.74. The van der Waals surface area contributed by atoms with Crippen LogP contribution in [-0.2, 0) is 19.1 Å². The number of carbonyl (C=O) groups is 2. The summed E-state index contributed by atoms with van der Waals surface area (Å²) in [5.74, 6) is -1.01. The highest BCUT2D eigenvalue weighted by Crippen LogP contribution is 2.28. The molecule has 1 atom stereocenters. The van der Waals surface area contributed by atoms with Gasteiger partial charge in [-0.25, -0.2) is 14.7 Å². The molecule has 2 saturated heterocycles. The predicted octanol–water partition coefficient (Wildman–Crippen LogP) is 0.665. The fraction of sp³-hybridized carbons (Fsp3) is 0.467. The molecule has 1 aromatic rings. The van der Waals surface area contributed by atoms with E-state index in [1.54, 1.807) is 12.1 Å². The number of hydrogen-bond donors (Lipinski definition) is 1.